The van der Waals surface area contributed by atoms with Gasteiger partial charge in [0.25, 0.3) is 0 Å². The van der Waals surface area contributed by atoms with Crippen LogP contribution in [-0.4, -0.2) is 19.4 Å². The Kier molecular flexibility index (Phi) is 8.44. The number of methoxy groups -OCH3 is 1. The molecule has 0 heterocycles. The maximum atomic E-state index is 11.9. The molecule has 0 aromatic heterocycles. The SMILES string of the molecule is CCCCC(CC)C(OC)OC(=O)/C=C/c1ccccc1. The molecule has 2 atom stereocenters. The maximum Gasteiger partial charge on any atom is 0.333 e. The summed E-state index contributed by atoms with van der Waals surface area (Å²) in [6, 6.07) is 9.68. The summed E-state index contributed by atoms with van der Waals surface area (Å²) < 4.78 is 10.8. The summed E-state index contributed by atoms with van der Waals surface area (Å²) in [5.41, 5.74) is 0.974. The number of rotatable bonds is 9. The molecule has 21 heavy (non-hydrogen) atoms. The van der Waals surface area contributed by atoms with Crippen molar-refractivity contribution < 1.29 is 14.3 Å². The Morgan fingerprint density at radius 1 is 1.24 bits per heavy atom. The van der Waals surface area contributed by atoms with E-state index >= 15 is 0 Å². The van der Waals surface area contributed by atoms with Crippen molar-refractivity contribution in [3.8, 4) is 0 Å². The molecule has 0 saturated carbocycles. The zero-order chi connectivity index (χ0) is 15.5. The van der Waals surface area contributed by atoms with Crippen LogP contribution in [-0.2, 0) is 14.3 Å². The van der Waals surface area contributed by atoms with Crippen LogP contribution in [0.3, 0.4) is 0 Å². The van der Waals surface area contributed by atoms with Gasteiger partial charge in [-0.25, -0.2) is 4.79 Å². The molecule has 0 N–H and O–H groups in total. The minimum absolute atomic E-state index is 0.254. The minimum Gasteiger partial charge on any atom is -0.432 e. The van der Waals surface area contributed by atoms with E-state index in [1.807, 2.05) is 30.3 Å². The molecule has 0 bridgehead atoms. The molecule has 3 nitrogen and oxygen atoms in total. The van der Waals surface area contributed by atoms with Gasteiger partial charge in [0.05, 0.1) is 0 Å². The highest BCUT2D eigenvalue weighted by atomic mass is 16.7. The lowest BCUT2D eigenvalue weighted by Crippen LogP contribution is -2.28. The Morgan fingerprint density at radius 3 is 2.52 bits per heavy atom. The second-order valence-corrected chi connectivity index (χ2v) is 5.10. The van der Waals surface area contributed by atoms with Crippen molar-refractivity contribution >= 4 is 12.0 Å². The van der Waals surface area contributed by atoms with Gasteiger partial charge in [-0.2, -0.15) is 0 Å². The second-order valence-electron chi connectivity index (χ2n) is 5.10. The fraction of sp³-hybridized carbons (Fsp3) is 0.500. The van der Waals surface area contributed by atoms with Crippen molar-refractivity contribution in [2.75, 3.05) is 7.11 Å². The van der Waals surface area contributed by atoms with Gasteiger partial charge in [0, 0.05) is 19.1 Å². The van der Waals surface area contributed by atoms with Crippen LogP contribution in [0.15, 0.2) is 36.4 Å². The fourth-order valence-corrected chi connectivity index (χ4v) is 2.22. The van der Waals surface area contributed by atoms with Gasteiger partial charge in [-0.05, 0) is 24.5 Å². The first-order chi connectivity index (χ1) is 10.2. The highest BCUT2D eigenvalue weighted by Gasteiger charge is 2.22. The van der Waals surface area contributed by atoms with Crippen molar-refractivity contribution in [3.63, 3.8) is 0 Å². The highest BCUT2D eigenvalue weighted by molar-refractivity contribution is 5.87. The Bertz CT molecular complexity index is 425. The summed E-state index contributed by atoms with van der Waals surface area (Å²) in [6.07, 6.45) is 6.95. The zero-order valence-electron chi connectivity index (χ0n) is 13.2. The lowest BCUT2D eigenvalue weighted by Gasteiger charge is -2.24. The van der Waals surface area contributed by atoms with Crippen molar-refractivity contribution in [3.05, 3.63) is 42.0 Å². The van der Waals surface area contributed by atoms with Crippen LogP contribution in [0.4, 0.5) is 0 Å². The van der Waals surface area contributed by atoms with E-state index in [4.69, 9.17) is 9.47 Å². The molecule has 0 radical (unpaired) electrons. The molecule has 0 saturated heterocycles. The molecular weight excluding hydrogens is 264 g/mol. The lowest BCUT2D eigenvalue weighted by atomic mass is 9.99. The Morgan fingerprint density at radius 2 is 1.95 bits per heavy atom. The summed E-state index contributed by atoms with van der Waals surface area (Å²) in [6.45, 7) is 4.25. The predicted octanol–water partition coefficient (Wildman–Crippen LogP) is 4.43. The van der Waals surface area contributed by atoms with Gasteiger partial charge in [-0.1, -0.05) is 57.0 Å². The number of esters is 1. The Hall–Kier alpha value is -1.61. The average Bonchev–Trinajstić information content (AvgIpc) is 2.53. The molecule has 1 rings (SSSR count). The summed E-state index contributed by atoms with van der Waals surface area (Å²) in [4.78, 5) is 11.9. The van der Waals surface area contributed by atoms with Gasteiger partial charge in [-0.3, -0.25) is 0 Å². The summed E-state index contributed by atoms with van der Waals surface area (Å²) in [5, 5.41) is 0. The Balaban J connectivity index is 2.55. The van der Waals surface area contributed by atoms with Crippen LogP contribution in [0.1, 0.15) is 45.1 Å². The van der Waals surface area contributed by atoms with Crippen LogP contribution in [0.2, 0.25) is 0 Å². The topological polar surface area (TPSA) is 35.5 Å². The predicted molar refractivity (Wildman–Crippen MR) is 85.7 cm³/mol. The summed E-state index contributed by atoms with van der Waals surface area (Å²) in [5.74, 6) is -0.107. The van der Waals surface area contributed by atoms with Crippen molar-refractivity contribution in [1.29, 1.82) is 0 Å². The van der Waals surface area contributed by atoms with E-state index in [1.165, 1.54) is 6.08 Å². The number of carbonyl (C=O) groups excluding carboxylic acids is 1. The number of unbranched alkanes of at least 4 members (excludes halogenated alkanes) is 1. The number of benzene rings is 1. The molecule has 0 aliphatic rings. The fourth-order valence-electron chi connectivity index (χ4n) is 2.22. The van der Waals surface area contributed by atoms with Crippen molar-refractivity contribution in [2.24, 2.45) is 5.92 Å². The first-order valence-corrected chi connectivity index (χ1v) is 7.67. The lowest BCUT2D eigenvalue weighted by molar-refractivity contribution is -0.179. The van der Waals surface area contributed by atoms with Crippen LogP contribution in [0.5, 0.6) is 0 Å². The quantitative estimate of drug-likeness (QED) is 0.383. The Labute approximate surface area is 128 Å². The number of hydrogen-bond donors (Lipinski definition) is 0. The monoisotopic (exact) mass is 290 g/mol. The third-order valence-corrected chi connectivity index (χ3v) is 3.51. The number of hydrogen-bond acceptors (Lipinski definition) is 3. The minimum atomic E-state index is -0.463. The molecule has 2 unspecified atom stereocenters. The van der Waals surface area contributed by atoms with Gasteiger partial charge in [0.15, 0.2) is 0 Å². The molecule has 3 heteroatoms. The molecule has 1 aromatic rings. The molecule has 0 amide bonds. The molecule has 1 aromatic carbocycles. The van der Waals surface area contributed by atoms with Crippen LogP contribution in [0.25, 0.3) is 6.08 Å². The smallest absolute Gasteiger partial charge is 0.333 e. The molecule has 116 valence electrons. The van der Waals surface area contributed by atoms with Gasteiger partial charge >= 0.3 is 5.97 Å². The normalized spacial score (nSPS) is 14.0. The van der Waals surface area contributed by atoms with Crippen LogP contribution < -0.4 is 0 Å². The molecule has 0 aliphatic carbocycles. The first-order valence-electron chi connectivity index (χ1n) is 7.67. The van der Waals surface area contributed by atoms with E-state index in [2.05, 4.69) is 13.8 Å². The average molecular weight is 290 g/mol. The largest absolute Gasteiger partial charge is 0.432 e. The van der Waals surface area contributed by atoms with Gasteiger partial charge < -0.3 is 9.47 Å². The summed E-state index contributed by atoms with van der Waals surface area (Å²) >= 11 is 0. The van der Waals surface area contributed by atoms with E-state index in [1.54, 1.807) is 13.2 Å². The van der Waals surface area contributed by atoms with Crippen LogP contribution >= 0.6 is 0 Å². The highest BCUT2D eigenvalue weighted by Crippen LogP contribution is 2.20. The molecule has 0 fully saturated rings. The van der Waals surface area contributed by atoms with Gasteiger partial charge in [0.2, 0.25) is 6.29 Å². The van der Waals surface area contributed by atoms with Gasteiger partial charge in [-0.15, -0.1) is 0 Å². The molecular formula is C18H26O3. The standard InChI is InChI=1S/C18H26O3/c1-4-6-12-16(5-2)18(20-3)21-17(19)14-13-15-10-8-7-9-11-15/h7-11,13-14,16,18H,4-6,12H2,1-3H3/b14-13+. The third-order valence-electron chi connectivity index (χ3n) is 3.51. The second kappa shape index (κ2) is 10.2. The van der Waals surface area contributed by atoms with Crippen molar-refractivity contribution in [2.45, 2.75) is 45.8 Å². The van der Waals surface area contributed by atoms with E-state index in [9.17, 15) is 4.79 Å². The molecule has 0 aliphatic heterocycles. The van der Waals surface area contributed by atoms with Crippen LogP contribution in [0, 0.1) is 5.92 Å². The molecule has 0 spiro atoms. The van der Waals surface area contributed by atoms with E-state index in [0.29, 0.717) is 0 Å². The van der Waals surface area contributed by atoms with E-state index in [-0.39, 0.29) is 11.9 Å². The number of carbonyl (C=O) groups is 1. The summed E-state index contributed by atoms with van der Waals surface area (Å²) in [7, 11) is 1.59. The van der Waals surface area contributed by atoms with Gasteiger partial charge in [0.1, 0.15) is 0 Å². The first kappa shape index (κ1) is 17.4. The maximum absolute atomic E-state index is 11.9. The third kappa shape index (κ3) is 6.58. The van der Waals surface area contributed by atoms with Crippen molar-refractivity contribution in [1.82, 2.24) is 0 Å². The van der Waals surface area contributed by atoms with E-state index < -0.39 is 6.29 Å². The number of ether oxygens (including phenoxy) is 2. The van der Waals surface area contributed by atoms with E-state index in [0.717, 1.165) is 31.2 Å². The zero-order valence-corrected chi connectivity index (χ0v) is 13.2.